The summed E-state index contributed by atoms with van der Waals surface area (Å²) in [6.07, 6.45) is 1.78. The summed E-state index contributed by atoms with van der Waals surface area (Å²) in [6.45, 7) is 6.02. The minimum atomic E-state index is -3.46. The molecule has 0 saturated heterocycles. The van der Waals surface area contributed by atoms with Crippen molar-refractivity contribution < 1.29 is 22.7 Å². The van der Waals surface area contributed by atoms with Crippen molar-refractivity contribution in [2.24, 2.45) is 0 Å². The van der Waals surface area contributed by atoms with Crippen LogP contribution in [0.25, 0.3) is 0 Å². The zero-order valence-corrected chi connectivity index (χ0v) is 19.9. The third kappa shape index (κ3) is 6.62. The van der Waals surface area contributed by atoms with Crippen LogP contribution in [0.15, 0.2) is 36.4 Å². The highest BCUT2D eigenvalue weighted by Crippen LogP contribution is 2.29. The Morgan fingerprint density at radius 2 is 1.77 bits per heavy atom. The lowest BCUT2D eigenvalue weighted by molar-refractivity contribution is -0.121. The molecule has 2 rings (SSSR count). The third-order valence-electron chi connectivity index (χ3n) is 5.22. The van der Waals surface area contributed by atoms with E-state index in [1.165, 1.54) is 10.6 Å². The summed E-state index contributed by atoms with van der Waals surface area (Å²) in [7, 11) is -0.300. The zero-order valence-electron chi connectivity index (χ0n) is 19.1. The van der Waals surface area contributed by atoms with E-state index in [1.54, 1.807) is 32.4 Å². The molecule has 0 aromatic heterocycles. The number of amides is 1. The number of ether oxygens (including phenoxy) is 2. The van der Waals surface area contributed by atoms with Gasteiger partial charge in [-0.2, -0.15) is 0 Å². The monoisotopic (exact) mass is 448 g/mol. The largest absolute Gasteiger partial charge is 0.497 e. The maximum atomic E-state index is 12.5. The fourth-order valence-corrected chi connectivity index (χ4v) is 4.28. The fourth-order valence-electron chi connectivity index (χ4n) is 3.32. The van der Waals surface area contributed by atoms with Crippen LogP contribution in [0.5, 0.6) is 11.5 Å². The van der Waals surface area contributed by atoms with Gasteiger partial charge in [-0.1, -0.05) is 6.07 Å². The molecule has 0 bridgehead atoms. The van der Waals surface area contributed by atoms with Gasteiger partial charge < -0.3 is 14.8 Å². The SMILES string of the molecule is COc1ccc(OC)c([C@@H](C)NC(=O)CCCN(c2ccc(C)c(C)c2)S(C)(=O)=O)c1. The van der Waals surface area contributed by atoms with Crippen molar-refractivity contribution in [1.82, 2.24) is 5.32 Å². The lowest BCUT2D eigenvalue weighted by atomic mass is 10.1. The van der Waals surface area contributed by atoms with E-state index in [4.69, 9.17) is 9.47 Å². The molecule has 0 unspecified atom stereocenters. The third-order valence-corrected chi connectivity index (χ3v) is 6.42. The Kier molecular flexibility index (Phi) is 8.33. The van der Waals surface area contributed by atoms with Gasteiger partial charge in [-0.05, 0) is 68.7 Å². The Labute approximate surface area is 185 Å². The predicted molar refractivity (Wildman–Crippen MR) is 123 cm³/mol. The number of carbonyl (C=O) groups is 1. The number of sulfonamides is 1. The number of benzene rings is 2. The van der Waals surface area contributed by atoms with Crippen molar-refractivity contribution in [2.45, 2.75) is 39.7 Å². The van der Waals surface area contributed by atoms with Crippen molar-refractivity contribution >= 4 is 21.6 Å². The van der Waals surface area contributed by atoms with Crippen LogP contribution in [-0.4, -0.2) is 41.3 Å². The summed E-state index contributed by atoms with van der Waals surface area (Å²) >= 11 is 0. The van der Waals surface area contributed by atoms with Gasteiger partial charge in [0, 0.05) is 18.5 Å². The standard InChI is InChI=1S/C23H32N2O5S/c1-16-9-10-19(14-17(16)2)25(31(6,27)28)13-7-8-23(26)24-18(3)21-15-20(29-4)11-12-22(21)30-5/h9-12,14-15,18H,7-8,13H2,1-6H3,(H,24,26)/t18-/m1/s1. The van der Waals surface area contributed by atoms with E-state index in [9.17, 15) is 13.2 Å². The first kappa shape index (κ1) is 24.5. The summed E-state index contributed by atoms with van der Waals surface area (Å²) < 4.78 is 36.6. The Bertz CT molecular complexity index is 1020. The Morgan fingerprint density at radius 1 is 1.06 bits per heavy atom. The normalized spacial score (nSPS) is 12.2. The second-order valence-corrected chi connectivity index (χ2v) is 9.51. The lowest BCUT2D eigenvalue weighted by Crippen LogP contribution is -2.32. The van der Waals surface area contributed by atoms with Gasteiger partial charge in [-0.15, -0.1) is 0 Å². The van der Waals surface area contributed by atoms with E-state index >= 15 is 0 Å². The summed E-state index contributed by atoms with van der Waals surface area (Å²) in [5.74, 6) is 1.17. The number of hydrogen-bond acceptors (Lipinski definition) is 5. The maximum Gasteiger partial charge on any atom is 0.232 e. The highest BCUT2D eigenvalue weighted by atomic mass is 32.2. The number of methoxy groups -OCH3 is 2. The Balaban J connectivity index is 2.02. The zero-order chi connectivity index (χ0) is 23.2. The van der Waals surface area contributed by atoms with E-state index < -0.39 is 10.0 Å². The fraction of sp³-hybridized carbons (Fsp3) is 0.435. The van der Waals surface area contributed by atoms with Crippen LogP contribution in [0, 0.1) is 13.8 Å². The minimum Gasteiger partial charge on any atom is -0.497 e. The van der Waals surface area contributed by atoms with Crippen LogP contribution in [-0.2, 0) is 14.8 Å². The van der Waals surface area contributed by atoms with Gasteiger partial charge in [0.05, 0.1) is 32.2 Å². The molecule has 2 aromatic carbocycles. The molecule has 0 aliphatic heterocycles. The van der Waals surface area contributed by atoms with Crippen LogP contribution in [0.3, 0.4) is 0 Å². The van der Waals surface area contributed by atoms with Crippen molar-refractivity contribution in [3.63, 3.8) is 0 Å². The average molecular weight is 449 g/mol. The summed E-state index contributed by atoms with van der Waals surface area (Å²) in [4.78, 5) is 12.5. The van der Waals surface area contributed by atoms with Gasteiger partial charge in [-0.3, -0.25) is 9.10 Å². The molecule has 1 N–H and O–H groups in total. The molecular formula is C23H32N2O5S. The molecule has 1 atom stereocenters. The Morgan fingerprint density at radius 3 is 2.35 bits per heavy atom. The van der Waals surface area contributed by atoms with Crippen LogP contribution in [0.2, 0.25) is 0 Å². The number of nitrogens with zero attached hydrogens (tertiary/aromatic N) is 1. The van der Waals surface area contributed by atoms with E-state index in [0.717, 1.165) is 16.7 Å². The first-order valence-electron chi connectivity index (χ1n) is 10.1. The van der Waals surface area contributed by atoms with Gasteiger partial charge >= 0.3 is 0 Å². The van der Waals surface area contributed by atoms with Gasteiger partial charge in [0.2, 0.25) is 15.9 Å². The van der Waals surface area contributed by atoms with Gasteiger partial charge in [0.1, 0.15) is 11.5 Å². The molecule has 0 heterocycles. The van der Waals surface area contributed by atoms with Crippen molar-refractivity contribution in [3.05, 3.63) is 53.1 Å². The molecule has 170 valence electrons. The van der Waals surface area contributed by atoms with Crippen LogP contribution < -0.4 is 19.1 Å². The van der Waals surface area contributed by atoms with Crippen LogP contribution >= 0.6 is 0 Å². The molecular weight excluding hydrogens is 416 g/mol. The number of aryl methyl sites for hydroxylation is 2. The summed E-state index contributed by atoms with van der Waals surface area (Å²) in [6, 6.07) is 10.7. The summed E-state index contributed by atoms with van der Waals surface area (Å²) in [5, 5.41) is 2.95. The second kappa shape index (κ2) is 10.5. The molecule has 31 heavy (non-hydrogen) atoms. The van der Waals surface area contributed by atoms with Crippen LogP contribution in [0.1, 0.15) is 42.5 Å². The first-order valence-corrected chi connectivity index (χ1v) is 12.0. The molecule has 0 aliphatic carbocycles. The molecule has 0 radical (unpaired) electrons. The number of anilines is 1. The van der Waals surface area contributed by atoms with Crippen molar-refractivity contribution in [1.29, 1.82) is 0 Å². The van der Waals surface area contributed by atoms with Gasteiger partial charge in [0.25, 0.3) is 0 Å². The molecule has 0 aliphatic rings. The number of nitrogens with one attached hydrogen (secondary N) is 1. The predicted octanol–water partition coefficient (Wildman–Crippen LogP) is 3.74. The molecule has 0 spiro atoms. The Hall–Kier alpha value is -2.74. The molecule has 2 aromatic rings. The van der Waals surface area contributed by atoms with Gasteiger partial charge in [-0.25, -0.2) is 8.42 Å². The lowest BCUT2D eigenvalue weighted by Gasteiger charge is -2.23. The molecule has 7 nitrogen and oxygen atoms in total. The van der Waals surface area contributed by atoms with E-state index in [2.05, 4.69) is 5.32 Å². The number of rotatable bonds is 10. The highest BCUT2D eigenvalue weighted by Gasteiger charge is 2.19. The number of hydrogen-bond donors (Lipinski definition) is 1. The highest BCUT2D eigenvalue weighted by molar-refractivity contribution is 7.92. The molecule has 8 heteroatoms. The van der Waals surface area contributed by atoms with Crippen LogP contribution in [0.4, 0.5) is 5.69 Å². The quantitative estimate of drug-likeness (QED) is 0.598. The average Bonchev–Trinajstić information content (AvgIpc) is 2.71. The van der Waals surface area contributed by atoms with Crippen molar-refractivity contribution in [3.8, 4) is 11.5 Å². The second-order valence-electron chi connectivity index (χ2n) is 7.60. The molecule has 0 fully saturated rings. The van der Waals surface area contributed by atoms with E-state index in [-0.39, 0.29) is 24.9 Å². The first-order chi connectivity index (χ1) is 14.6. The maximum absolute atomic E-state index is 12.5. The minimum absolute atomic E-state index is 0.161. The van der Waals surface area contributed by atoms with Crippen molar-refractivity contribution in [2.75, 3.05) is 31.3 Å². The molecule has 0 saturated carbocycles. The molecule has 1 amide bonds. The summed E-state index contributed by atoms with van der Waals surface area (Å²) in [5.41, 5.74) is 3.53. The smallest absolute Gasteiger partial charge is 0.232 e. The van der Waals surface area contributed by atoms with E-state index in [0.29, 0.717) is 23.6 Å². The van der Waals surface area contributed by atoms with Gasteiger partial charge in [0.15, 0.2) is 0 Å². The number of carbonyl (C=O) groups excluding carboxylic acids is 1. The topological polar surface area (TPSA) is 84.9 Å². The van der Waals surface area contributed by atoms with E-state index in [1.807, 2.05) is 39.0 Å².